The van der Waals surface area contributed by atoms with Gasteiger partial charge in [0.15, 0.2) is 6.61 Å². The molecule has 0 aromatic heterocycles. The molecule has 2 amide bonds. The summed E-state index contributed by atoms with van der Waals surface area (Å²) in [7, 11) is 0. The number of likely N-dealkylation sites (tertiary alicyclic amines) is 1. The molecule has 0 unspecified atom stereocenters. The summed E-state index contributed by atoms with van der Waals surface area (Å²) in [6, 6.07) is 8.01. The molecule has 7 heteroatoms. The number of esters is 1. The number of ether oxygens (including phenoxy) is 1. The highest BCUT2D eigenvalue weighted by Gasteiger charge is 2.24. The van der Waals surface area contributed by atoms with E-state index in [1.54, 1.807) is 23.1 Å². The van der Waals surface area contributed by atoms with Crippen LogP contribution in [0, 0.1) is 11.3 Å². The Morgan fingerprint density at radius 3 is 2.64 bits per heavy atom. The Morgan fingerprint density at radius 1 is 1.28 bits per heavy atom. The van der Waals surface area contributed by atoms with E-state index in [9.17, 15) is 14.4 Å². The van der Waals surface area contributed by atoms with Crippen LogP contribution in [0.5, 0.6) is 0 Å². The van der Waals surface area contributed by atoms with Crippen LogP contribution < -0.4 is 5.32 Å². The van der Waals surface area contributed by atoms with Gasteiger partial charge in [-0.25, -0.2) is 4.79 Å². The summed E-state index contributed by atoms with van der Waals surface area (Å²) in [4.78, 5) is 37.3. The molecule has 0 radical (unpaired) electrons. The van der Waals surface area contributed by atoms with Gasteiger partial charge in [0.05, 0.1) is 11.6 Å². The molecule has 1 atom stereocenters. The predicted octanol–water partition coefficient (Wildman–Crippen LogP) is 2.10. The van der Waals surface area contributed by atoms with Crippen molar-refractivity contribution in [3.8, 4) is 6.07 Å². The summed E-state index contributed by atoms with van der Waals surface area (Å²) >= 11 is 0. The van der Waals surface area contributed by atoms with Gasteiger partial charge < -0.3 is 15.0 Å². The summed E-state index contributed by atoms with van der Waals surface area (Å²) in [5, 5.41) is 11.0. The van der Waals surface area contributed by atoms with Gasteiger partial charge in [0.1, 0.15) is 6.42 Å². The van der Waals surface area contributed by atoms with E-state index in [-0.39, 0.29) is 30.5 Å². The number of nitrogens with one attached hydrogen (secondary N) is 1. The van der Waals surface area contributed by atoms with Crippen LogP contribution in [0.25, 0.3) is 0 Å². The lowest BCUT2D eigenvalue weighted by Gasteiger charge is -2.33. The number of carbonyl (C=O) groups excluding carboxylic acids is 3. The molecule has 0 bridgehead atoms. The van der Waals surface area contributed by atoms with E-state index in [4.69, 9.17) is 10.00 Å². The lowest BCUT2D eigenvalue weighted by Crippen LogP contribution is -2.44. The Labute approximate surface area is 146 Å². The first kappa shape index (κ1) is 18.5. The number of rotatable bonds is 5. The second kappa shape index (κ2) is 8.83. The third-order valence-electron chi connectivity index (χ3n) is 4.09. The smallest absolute Gasteiger partial charge is 0.338 e. The van der Waals surface area contributed by atoms with Crippen molar-refractivity contribution in [1.82, 2.24) is 4.90 Å². The molecule has 1 aromatic rings. The van der Waals surface area contributed by atoms with E-state index in [0.29, 0.717) is 12.2 Å². The zero-order valence-corrected chi connectivity index (χ0v) is 14.2. The van der Waals surface area contributed by atoms with Gasteiger partial charge in [0.2, 0.25) is 5.91 Å². The van der Waals surface area contributed by atoms with Crippen LogP contribution in [-0.4, -0.2) is 41.9 Å². The van der Waals surface area contributed by atoms with Gasteiger partial charge in [-0.3, -0.25) is 9.59 Å². The highest BCUT2D eigenvalue weighted by molar-refractivity contribution is 5.94. The van der Waals surface area contributed by atoms with Gasteiger partial charge in [-0.15, -0.1) is 0 Å². The lowest BCUT2D eigenvalue weighted by atomic mass is 10.0. The van der Waals surface area contributed by atoms with Gasteiger partial charge in [0.25, 0.3) is 5.91 Å². The summed E-state index contributed by atoms with van der Waals surface area (Å²) in [5.74, 6) is -1.19. The molecular formula is C18H21N3O4. The Morgan fingerprint density at radius 2 is 2.00 bits per heavy atom. The number of hydrogen-bond donors (Lipinski definition) is 1. The van der Waals surface area contributed by atoms with E-state index < -0.39 is 11.9 Å². The molecule has 1 aliphatic heterocycles. The van der Waals surface area contributed by atoms with Crippen LogP contribution in [-0.2, 0) is 14.3 Å². The largest absolute Gasteiger partial charge is 0.452 e. The first-order chi connectivity index (χ1) is 12.0. The second-order valence-electron chi connectivity index (χ2n) is 5.97. The van der Waals surface area contributed by atoms with E-state index in [1.165, 1.54) is 12.1 Å². The van der Waals surface area contributed by atoms with Crippen molar-refractivity contribution in [2.75, 3.05) is 18.5 Å². The van der Waals surface area contributed by atoms with Crippen LogP contribution in [0.3, 0.4) is 0 Å². The Balaban J connectivity index is 1.85. The summed E-state index contributed by atoms with van der Waals surface area (Å²) in [5.41, 5.74) is 0.771. The number of carbonyl (C=O) groups is 3. The van der Waals surface area contributed by atoms with E-state index >= 15 is 0 Å². The fourth-order valence-electron chi connectivity index (χ4n) is 2.73. The monoisotopic (exact) mass is 343 g/mol. The molecule has 1 N–H and O–H groups in total. The van der Waals surface area contributed by atoms with Crippen LogP contribution in [0.1, 0.15) is 43.0 Å². The maximum atomic E-state index is 12.2. The topological polar surface area (TPSA) is 99.5 Å². The van der Waals surface area contributed by atoms with Crippen molar-refractivity contribution in [2.24, 2.45) is 0 Å². The number of hydrogen-bond acceptors (Lipinski definition) is 5. The molecule has 1 aromatic carbocycles. The highest BCUT2D eigenvalue weighted by atomic mass is 16.5. The van der Waals surface area contributed by atoms with Gasteiger partial charge in [-0.1, -0.05) is 0 Å². The number of benzene rings is 1. The number of anilines is 1. The van der Waals surface area contributed by atoms with Crippen molar-refractivity contribution >= 4 is 23.5 Å². The molecule has 25 heavy (non-hydrogen) atoms. The third-order valence-corrected chi connectivity index (χ3v) is 4.09. The van der Waals surface area contributed by atoms with Crippen molar-refractivity contribution in [1.29, 1.82) is 5.26 Å². The van der Waals surface area contributed by atoms with Crippen LogP contribution in [0.15, 0.2) is 24.3 Å². The molecule has 0 spiro atoms. The van der Waals surface area contributed by atoms with E-state index in [0.717, 1.165) is 19.3 Å². The molecule has 1 aliphatic rings. The summed E-state index contributed by atoms with van der Waals surface area (Å²) in [6.45, 7) is 2.43. The fraction of sp³-hybridized carbons (Fsp3) is 0.444. The van der Waals surface area contributed by atoms with E-state index in [1.807, 2.05) is 6.92 Å². The fourth-order valence-corrected chi connectivity index (χ4v) is 2.73. The number of nitrogens with zero attached hydrogens (tertiary/aromatic N) is 2. The molecule has 1 fully saturated rings. The van der Waals surface area contributed by atoms with Gasteiger partial charge >= 0.3 is 5.97 Å². The second-order valence-corrected chi connectivity index (χ2v) is 5.97. The SMILES string of the molecule is C[C@@H]1CCCCN1C(=O)COC(=O)c1ccc(NC(=O)CC#N)cc1. The lowest BCUT2D eigenvalue weighted by molar-refractivity contribution is -0.137. The maximum absolute atomic E-state index is 12.2. The quantitative estimate of drug-likeness (QED) is 0.825. The van der Waals surface area contributed by atoms with Gasteiger partial charge in [-0.05, 0) is 50.5 Å². The highest BCUT2D eigenvalue weighted by Crippen LogP contribution is 2.17. The van der Waals surface area contributed by atoms with Gasteiger partial charge in [-0.2, -0.15) is 5.26 Å². The average Bonchev–Trinajstić information content (AvgIpc) is 2.60. The van der Waals surface area contributed by atoms with Crippen molar-refractivity contribution < 1.29 is 19.1 Å². The molecule has 7 nitrogen and oxygen atoms in total. The third kappa shape index (κ3) is 5.31. The number of amides is 2. The Kier molecular flexibility index (Phi) is 6.52. The molecule has 2 rings (SSSR count). The standard InChI is InChI=1S/C18H21N3O4/c1-13-4-2-3-11-21(13)17(23)12-25-18(24)14-5-7-15(8-6-14)20-16(22)9-10-19/h5-8,13H,2-4,9,11-12H2,1H3,(H,20,22)/t13-/m1/s1. The molecule has 0 aliphatic carbocycles. The molecular weight excluding hydrogens is 322 g/mol. The molecule has 0 saturated carbocycles. The Hall–Kier alpha value is -2.88. The summed E-state index contributed by atoms with van der Waals surface area (Å²) < 4.78 is 5.09. The zero-order chi connectivity index (χ0) is 18.2. The van der Waals surface area contributed by atoms with E-state index in [2.05, 4.69) is 5.32 Å². The minimum Gasteiger partial charge on any atom is -0.452 e. The first-order valence-corrected chi connectivity index (χ1v) is 8.24. The molecule has 1 saturated heterocycles. The number of nitriles is 1. The normalized spacial score (nSPS) is 16.6. The van der Waals surface area contributed by atoms with Crippen molar-refractivity contribution in [3.63, 3.8) is 0 Å². The minimum atomic E-state index is -0.590. The van der Waals surface area contributed by atoms with Crippen LogP contribution in [0.4, 0.5) is 5.69 Å². The molecule has 1 heterocycles. The predicted molar refractivity (Wildman–Crippen MR) is 90.6 cm³/mol. The Bertz CT molecular complexity index is 679. The average molecular weight is 343 g/mol. The van der Waals surface area contributed by atoms with Crippen molar-refractivity contribution in [3.05, 3.63) is 29.8 Å². The van der Waals surface area contributed by atoms with Crippen LogP contribution >= 0.6 is 0 Å². The maximum Gasteiger partial charge on any atom is 0.338 e. The first-order valence-electron chi connectivity index (χ1n) is 8.24. The van der Waals surface area contributed by atoms with Crippen molar-refractivity contribution in [2.45, 2.75) is 38.6 Å². The zero-order valence-electron chi connectivity index (χ0n) is 14.2. The summed E-state index contributed by atoms with van der Waals surface area (Å²) in [6.07, 6.45) is 2.82. The van der Waals surface area contributed by atoms with Crippen LogP contribution in [0.2, 0.25) is 0 Å². The minimum absolute atomic E-state index is 0.177. The molecule has 132 valence electrons. The van der Waals surface area contributed by atoms with Gasteiger partial charge in [0, 0.05) is 18.3 Å². The number of piperidine rings is 1.